The number of likely N-dealkylation sites (tertiary alicyclic amines) is 1. The molecule has 0 spiro atoms. The summed E-state index contributed by atoms with van der Waals surface area (Å²) in [4.78, 5) is 11.1. The summed E-state index contributed by atoms with van der Waals surface area (Å²) in [5.74, 6) is 0.463. The molecule has 1 fully saturated rings. The van der Waals surface area contributed by atoms with Gasteiger partial charge in [-0.05, 0) is 29.9 Å². The van der Waals surface area contributed by atoms with Crippen LogP contribution in [0.4, 0.5) is 5.95 Å². The van der Waals surface area contributed by atoms with Crippen LogP contribution in [0.2, 0.25) is 0 Å². The Morgan fingerprint density at radius 3 is 2.96 bits per heavy atom. The zero-order valence-corrected chi connectivity index (χ0v) is 13.8. The number of hydrogen-bond donors (Lipinski definition) is 3. The lowest BCUT2D eigenvalue weighted by molar-refractivity contribution is -0.0116. The Morgan fingerprint density at radius 2 is 2.22 bits per heavy atom. The minimum Gasteiger partial charge on any atom is -0.372 e. The molecule has 3 N–H and O–H groups in total. The fourth-order valence-corrected chi connectivity index (χ4v) is 3.56. The zero-order chi connectivity index (χ0) is 16.2. The lowest BCUT2D eigenvalue weighted by Crippen LogP contribution is -2.34. The van der Waals surface area contributed by atoms with E-state index >= 15 is 0 Å². The Labute approximate surface area is 139 Å². The zero-order valence-electron chi connectivity index (χ0n) is 13.0. The molecule has 23 heavy (non-hydrogen) atoms. The molecule has 3 heterocycles. The van der Waals surface area contributed by atoms with Crippen LogP contribution < -0.4 is 5.32 Å². The Morgan fingerprint density at radius 1 is 1.43 bits per heavy atom. The molecule has 0 radical (unpaired) electrons. The molecule has 1 aliphatic heterocycles. The van der Waals surface area contributed by atoms with Crippen molar-refractivity contribution in [1.82, 2.24) is 14.9 Å². The van der Waals surface area contributed by atoms with Gasteiger partial charge >= 0.3 is 0 Å². The lowest BCUT2D eigenvalue weighted by atomic mass is 10.1. The van der Waals surface area contributed by atoms with Crippen molar-refractivity contribution < 1.29 is 5.11 Å². The summed E-state index contributed by atoms with van der Waals surface area (Å²) in [6.45, 7) is 5.96. The molecule has 0 aromatic carbocycles. The van der Waals surface area contributed by atoms with Crippen molar-refractivity contribution in [1.29, 1.82) is 5.41 Å². The molecule has 0 amide bonds. The first kappa shape index (κ1) is 16.0. The molecule has 122 valence electrons. The van der Waals surface area contributed by atoms with Gasteiger partial charge in [0.05, 0.1) is 10.2 Å². The first-order valence-corrected chi connectivity index (χ1v) is 8.66. The summed E-state index contributed by atoms with van der Waals surface area (Å²) in [5, 5.41) is 23.0. The van der Waals surface area contributed by atoms with Gasteiger partial charge in [0.15, 0.2) is 6.23 Å². The van der Waals surface area contributed by atoms with Crippen LogP contribution in [0.5, 0.6) is 0 Å². The van der Waals surface area contributed by atoms with Crippen molar-refractivity contribution in [2.45, 2.75) is 25.5 Å². The fourth-order valence-electron chi connectivity index (χ4n) is 2.72. The number of thiophene rings is 1. The van der Waals surface area contributed by atoms with Gasteiger partial charge in [-0.15, -0.1) is 11.3 Å². The summed E-state index contributed by atoms with van der Waals surface area (Å²) >= 11 is 1.55. The van der Waals surface area contributed by atoms with Gasteiger partial charge in [-0.1, -0.05) is 13.0 Å². The molecule has 1 saturated heterocycles. The van der Waals surface area contributed by atoms with Gasteiger partial charge in [0.25, 0.3) is 0 Å². The predicted octanol–water partition coefficient (Wildman–Crippen LogP) is 2.79. The van der Waals surface area contributed by atoms with Crippen LogP contribution >= 0.6 is 11.3 Å². The van der Waals surface area contributed by atoms with Crippen molar-refractivity contribution in [3.63, 3.8) is 0 Å². The third-order valence-corrected chi connectivity index (χ3v) is 4.91. The van der Waals surface area contributed by atoms with E-state index < -0.39 is 6.23 Å². The van der Waals surface area contributed by atoms with E-state index in [9.17, 15) is 5.11 Å². The van der Waals surface area contributed by atoms with Crippen LogP contribution in [0, 0.1) is 5.41 Å². The average molecular weight is 331 g/mol. The van der Waals surface area contributed by atoms with E-state index in [4.69, 9.17) is 5.41 Å². The maximum absolute atomic E-state index is 10.8. The number of aromatic nitrogens is 2. The fraction of sp³-hybridized carbons (Fsp3) is 0.438. The number of aliphatic hydroxyl groups excluding tert-OH is 1. The minimum absolute atomic E-state index is 0.415. The third kappa shape index (κ3) is 3.57. The van der Waals surface area contributed by atoms with Crippen LogP contribution in [0.25, 0.3) is 10.2 Å². The molecule has 0 saturated carbocycles. The second kappa shape index (κ2) is 7.16. The van der Waals surface area contributed by atoms with E-state index in [0.29, 0.717) is 23.8 Å². The van der Waals surface area contributed by atoms with Crippen molar-refractivity contribution in [3.05, 3.63) is 29.3 Å². The van der Waals surface area contributed by atoms with Crippen LogP contribution in [0.15, 0.2) is 23.6 Å². The smallest absolute Gasteiger partial charge is 0.223 e. The second-order valence-electron chi connectivity index (χ2n) is 5.69. The minimum atomic E-state index is -0.703. The maximum atomic E-state index is 10.8. The highest BCUT2D eigenvalue weighted by Crippen LogP contribution is 2.30. The Balaban J connectivity index is 1.89. The molecular formula is C16H21N5OS. The standard InChI is InChI=1S/C16H21N5OS/c1-11(9-17)10-18-16-19-12-5-8-23-14(12)13(20-16)15(22)21-6-3-2-4-7-21/h5,8-9,15,17,22H,1-4,6-7,10H2,(H,18,19,20). The number of nitrogens with zero attached hydrogens (tertiary/aromatic N) is 3. The Bertz CT molecular complexity index is 708. The molecule has 6 nitrogen and oxygen atoms in total. The molecule has 1 unspecified atom stereocenters. The number of rotatable bonds is 6. The van der Waals surface area contributed by atoms with E-state index in [1.807, 2.05) is 11.4 Å². The molecular weight excluding hydrogens is 310 g/mol. The monoisotopic (exact) mass is 331 g/mol. The van der Waals surface area contributed by atoms with E-state index in [0.717, 1.165) is 36.1 Å². The largest absolute Gasteiger partial charge is 0.372 e. The highest BCUT2D eigenvalue weighted by Gasteiger charge is 2.24. The molecule has 0 aliphatic carbocycles. The number of hydrogen-bond acceptors (Lipinski definition) is 7. The van der Waals surface area contributed by atoms with Crippen LogP contribution in [-0.2, 0) is 0 Å². The van der Waals surface area contributed by atoms with E-state index in [1.54, 1.807) is 11.3 Å². The molecule has 1 aliphatic rings. The van der Waals surface area contributed by atoms with Crippen LogP contribution in [0.3, 0.4) is 0 Å². The number of fused-ring (bicyclic) bond motifs is 1. The van der Waals surface area contributed by atoms with Gasteiger partial charge in [-0.3, -0.25) is 4.90 Å². The summed E-state index contributed by atoms with van der Waals surface area (Å²) in [5.41, 5.74) is 2.14. The van der Waals surface area contributed by atoms with Crippen molar-refractivity contribution in [3.8, 4) is 0 Å². The Hall–Kier alpha value is -1.83. The first-order valence-electron chi connectivity index (χ1n) is 7.78. The topological polar surface area (TPSA) is 85.1 Å². The highest BCUT2D eigenvalue weighted by atomic mass is 32.1. The highest BCUT2D eigenvalue weighted by molar-refractivity contribution is 7.17. The maximum Gasteiger partial charge on any atom is 0.223 e. The van der Waals surface area contributed by atoms with E-state index in [2.05, 4.69) is 26.8 Å². The van der Waals surface area contributed by atoms with E-state index in [-0.39, 0.29) is 0 Å². The van der Waals surface area contributed by atoms with Crippen molar-refractivity contribution >= 4 is 33.7 Å². The number of piperidine rings is 1. The van der Waals surface area contributed by atoms with Gasteiger partial charge in [0.1, 0.15) is 5.69 Å². The van der Waals surface area contributed by atoms with Crippen molar-refractivity contribution in [2.24, 2.45) is 0 Å². The first-order chi connectivity index (χ1) is 11.2. The van der Waals surface area contributed by atoms with Gasteiger partial charge in [-0.2, -0.15) is 0 Å². The van der Waals surface area contributed by atoms with Crippen LogP contribution in [-0.4, -0.2) is 45.8 Å². The van der Waals surface area contributed by atoms with Gasteiger partial charge in [-0.25, -0.2) is 9.97 Å². The summed E-state index contributed by atoms with van der Waals surface area (Å²) in [6, 6.07) is 1.94. The second-order valence-corrected chi connectivity index (χ2v) is 6.61. The molecule has 2 aromatic heterocycles. The predicted molar refractivity (Wildman–Crippen MR) is 94.2 cm³/mol. The lowest BCUT2D eigenvalue weighted by Gasteiger charge is -2.30. The SMILES string of the molecule is C=C(C=N)CNc1nc(C(O)N2CCCCC2)c2sccc2n1. The normalized spacial score (nSPS) is 17.1. The van der Waals surface area contributed by atoms with Crippen LogP contribution in [0.1, 0.15) is 31.2 Å². The number of anilines is 1. The summed E-state index contributed by atoms with van der Waals surface area (Å²) in [6.07, 6.45) is 3.95. The summed E-state index contributed by atoms with van der Waals surface area (Å²) < 4.78 is 0.930. The number of aliphatic hydroxyl groups is 1. The molecule has 7 heteroatoms. The van der Waals surface area contributed by atoms with Gasteiger partial charge in [0.2, 0.25) is 5.95 Å². The Kier molecular flexibility index (Phi) is 5.00. The van der Waals surface area contributed by atoms with Gasteiger partial charge in [0, 0.05) is 25.8 Å². The molecule has 0 bridgehead atoms. The van der Waals surface area contributed by atoms with E-state index in [1.165, 1.54) is 12.6 Å². The summed E-state index contributed by atoms with van der Waals surface area (Å²) in [7, 11) is 0. The molecule has 2 aromatic rings. The van der Waals surface area contributed by atoms with Gasteiger partial charge < -0.3 is 15.8 Å². The average Bonchev–Trinajstić information content (AvgIpc) is 3.07. The number of nitrogens with one attached hydrogen (secondary N) is 2. The molecule has 1 atom stereocenters. The van der Waals surface area contributed by atoms with Crippen molar-refractivity contribution in [2.75, 3.05) is 25.0 Å². The third-order valence-electron chi connectivity index (χ3n) is 3.99. The molecule has 3 rings (SSSR count). The quantitative estimate of drug-likeness (QED) is 0.709.